The van der Waals surface area contributed by atoms with Crippen LogP contribution in [0.1, 0.15) is 36.9 Å². The molecule has 156 valence electrons. The molecule has 1 unspecified atom stereocenters. The van der Waals surface area contributed by atoms with Crippen molar-refractivity contribution in [1.29, 1.82) is 0 Å². The quantitative estimate of drug-likeness (QED) is 0.349. The zero-order chi connectivity index (χ0) is 21.8. The van der Waals surface area contributed by atoms with Crippen LogP contribution in [0, 0.1) is 6.92 Å². The van der Waals surface area contributed by atoms with Gasteiger partial charge in [-0.2, -0.15) is 0 Å². The maximum atomic E-state index is 12.7. The first-order valence-corrected chi connectivity index (χ1v) is 10.6. The summed E-state index contributed by atoms with van der Waals surface area (Å²) in [5, 5.41) is 2.30. The van der Waals surface area contributed by atoms with Crippen molar-refractivity contribution in [2.45, 2.75) is 32.6 Å². The molecule has 4 heteroatoms. The number of esters is 1. The first kappa shape index (κ1) is 20.7. The topological polar surface area (TPSA) is 52.1 Å². The Morgan fingerprint density at radius 1 is 0.903 bits per heavy atom. The molecule has 0 radical (unpaired) electrons. The van der Waals surface area contributed by atoms with E-state index in [9.17, 15) is 4.79 Å². The number of hydrogen-bond donors (Lipinski definition) is 0. The number of rotatable bonds is 6. The number of fused-ring (bicyclic) bond motifs is 1. The van der Waals surface area contributed by atoms with Gasteiger partial charge in [-0.3, -0.25) is 4.79 Å². The van der Waals surface area contributed by atoms with E-state index in [1.165, 1.54) is 12.5 Å². The summed E-state index contributed by atoms with van der Waals surface area (Å²) in [6.07, 6.45) is 1.54. The Labute approximate surface area is 182 Å². The third-order valence-electron chi connectivity index (χ3n) is 5.60. The van der Waals surface area contributed by atoms with Crippen LogP contribution in [0.25, 0.3) is 33.4 Å². The Hall–Kier alpha value is -3.53. The van der Waals surface area contributed by atoms with Crippen LogP contribution in [-0.4, -0.2) is 23.0 Å². The lowest BCUT2D eigenvalue weighted by atomic mass is 9.89. The third-order valence-corrected chi connectivity index (χ3v) is 5.60. The van der Waals surface area contributed by atoms with E-state index in [1.807, 2.05) is 49.4 Å². The molecule has 0 fully saturated rings. The molecule has 1 heterocycles. The van der Waals surface area contributed by atoms with E-state index in [2.05, 4.69) is 37.3 Å². The molecule has 1 aromatic heterocycles. The van der Waals surface area contributed by atoms with Crippen LogP contribution in [0.15, 0.2) is 72.8 Å². The van der Waals surface area contributed by atoms with Crippen molar-refractivity contribution < 1.29 is 9.53 Å². The number of methoxy groups -OCH3 is 1. The van der Waals surface area contributed by atoms with Gasteiger partial charge in [-0.05, 0) is 30.2 Å². The first-order chi connectivity index (χ1) is 15.1. The molecule has 4 aromatic rings. The van der Waals surface area contributed by atoms with Crippen LogP contribution in [0.5, 0.6) is 0 Å². The van der Waals surface area contributed by atoms with Crippen LogP contribution in [0.2, 0.25) is 0 Å². The van der Waals surface area contributed by atoms with E-state index in [0.717, 1.165) is 39.9 Å². The zero-order valence-electron chi connectivity index (χ0n) is 18.1. The molecule has 3 aromatic carbocycles. The van der Waals surface area contributed by atoms with Crippen molar-refractivity contribution in [1.82, 2.24) is 9.97 Å². The van der Waals surface area contributed by atoms with Gasteiger partial charge in [0.15, 0.2) is 5.82 Å². The van der Waals surface area contributed by atoms with Gasteiger partial charge in [0.05, 0.1) is 18.7 Å². The van der Waals surface area contributed by atoms with E-state index < -0.39 is 5.92 Å². The zero-order valence-corrected chi connectivity index (χ0v) is 18.1. The average Bonchev–Trinajstić information content (AvgIpc) is 2.82. The largest absolute Gasteiger partial charge is 0.469 e. The molecular weight excluding hydrogens is 384 g/mol. The van der Waals surface area contributed by atoms with Crippen molar-refractivity contribution in [2.24, 2.45) is 0 Å². The van der Waals surface area contributed by atoms with Gasteiger partial charge in [-0.1, -0.05) is 80.1 Å². The van der Waals surface area contributed by atoms with Gasteiger partial charge in [-0.25, -0.2) is 9.97 Å². The number of carbonyl (C=O) groups excluding carboxylic acids is 1. The predicted molar refractivity (Wildman–Crippen MR) is 125 cm³/mol. The summed E-state index contributed by atoms with van der Waals surface area (Å²) in [7, 11) is 1.44. The van der Waals surface area contributed by atoms with Crippen LogP contribution in [0.4, 0.5) is 0 Å². The molecule has 0 saturated heterocycles. The Kier molecular flexibility index (Phi) is 6.08. The lowest BCUT2D eigenvalue weighted by Gasteiger charge is -2.21. The van der Waals surface area contributed by atoms with Gasteiger partial charge in [0, 0.05) is 22.4 Å². The van der Waals surface area contributed by atoms with Gasteiger partial charge in [0.2, 0.25) is 0 Å². The maximum absolute atomic E-state index is 12.7. The van der Waals surface area contributed by atoms with Gasteiger partial charge < -0.3 is 4.74 Å². The number of carbonyl (C=O) groups is 1. The van der Waals surface area contributed by atoms with Gasteiger partial charge in [0.25, 0.3) is 0 Å². The van der Waals surface area contributed by atoms with Crippen LogP contribution >= 0.6 is 0 Å². The second kappa shape index (κ2) is 9.09. The van der Waals surface area contributed by atoms with Crippen LogP contribution in [-0.2, 0) is 9.53 Å². The highest BCUT2D eigenvalue weighted by atomic mass is 16.5. The number of hydrogen-bond acceptors (Lipinski definition) is 4. The first-order valence-electron chi connectivity index (χ1n) is 10.6. The number of aryl methyl sites for hydroxylation is 1. The smallest absolute Gasteiger partial charge is 0.313 e. The fourth-order valence-electron chi connectivity index (χ4n) is 4.08. The molecular formula is C27H26N2O2. The minimum atomic E-state index is -0.402. The van der Waals surface area contributed by atoms with Crippen molar-refractivity contribution in [2.75, 3.05) is 7.11 Å². The van der Waals surface area contributed by atoms with Crippen LogP contribution in [0.3, 0.4) is 0 Å². The van der Waals surface area contributed by atoms with Crippen molar-refractivity contribution in [3.63, 3.8) is 0 Å². The molecule has 0 bridgehead atoms. The number of ether oxygens (including phenoxy) is 1. The fraction of sp³-hybridized carbons (Fsp3) is 0.222. The lowest BCUT2D eigenvalue weighted by Crippen LogP contribution is -2.18. The van der Waals surface area contributed by atoms with E-state index in [1.54, 1.807) is 0 Å². The van der Waals surface area contributed by atoms with E-state index in [0.29, 0.717) is 12.2 Å². The highest BCUT2D eigenvalue weighted by Crippen LogP contribution is 2.36. The summed E-state index contributed by atoms with van der Waals surface area (Å²) in [6, 6.07) is 24.5. The van der Waals surface area contributed by atoms with Crippen LogP contribution < -0.4 is 0 Å². The Morgan fingerprint density at radius 3 is 2.32 bits per heavy atom. The predicted octanol–water partition coefficient (Wildman–Crippen LogP) is 6.33. The highest BCUT2D eigenvalue weighted by Gasteiger charge is 2.28. The molecule has 1 atom stereocenters. The van der Waals surface area contributed by atoms with Gasteiger partial charge in [-0.15, -0.1) is 0 Å². The summed E-state index contributed by atoms with van der Waals surface area (Å²) < 4.78 is 5.16. The Bertz CT molecular complexity index is 1220. The van der Waals surface area contributed by atoms with Gasteiger partial charge >= 0.3 is 5.97 Å². The SMILES string of the molecule is CCCC(C(=O)OC)c1c(C)nc(-c2ccccc2)nc1-c1ccc2ccccc2c1. The highest BCUT2D eigenvalue weighted by molar-refractivity contribution is 5.89. The Balaban J connectivity index is 1.98. The van der Waals surface area contributed by atoms with Crippen molar-refractivity contribution >= 4 is 16.7 Å². The molecule has 0 aliphatic carbocycles. The summed E-state index contributed by atoms with van der Waals surface area (Å²) in [4.78, 5) is 22.5. The van der Waals surface area contributed by atoms with Gasteiger partial charge in [0.1, 0.15) is 0 Å². The number of nitrogens with zero attached hydrogens (tertiary/aromatic N) is 2. The summed E-state index contributed by atoms with van der Waals surface area (Å²) in [5.41, 5.74) is 4.37. The lowest BCUT2D eigenvalue weighted by molar-refractivity contribution is -0.142. The summed E-state index contributed by atoms with van der Waals surface area (Å²) in [5.74, 6) is 0.00877. The molecule has 0 aliphatic heterocycles. The van der Waals surface area contributed by atoms with Crippen molar-refractivity contribution in [3.05, 3.63) is 84.1 Å². The van der Waals surface area contributed by atoms with E-state index in [4.69, 9.17) is 14.7 Å². The van der Waals surface area contributed by atoms with E-state index in [-0.39, 0.29) is 5.97 Å². The van der Waals surface area contributed by atoms with E-state index >= 15 is 0 Å². The molecule has 0 aliphatic rings. The normalized spacial score (nSPS) is 12.0. The monoisotopic (exact) mass is 410 g/mol. The number of aromatic nitrogens is 2. The molecule has 0 spiro atoms. The van der Waals surface area contributed by atoms with Crippen molar-refractivity contribution in [3.8, 4) is 22.6 Å². The maximum Gasteiger partial charge on any atom is 0.313 e. The minimum absolute atomic E-state index is 0.247. The molecule has 0 amide bonds. The third kappa shape index (κ3) is 4.19. The standard InChI is InChI=1S/C27H26N2O2/c1-4-10-23(27(30)31-3)24-18(2)28-26(20-12-6-5-7-13-20)29-25(24)22-16-15-19-11-8-9-14-21(19)17-22/h5-9,11-17,23H,4,10H2,1-3H3. The summed E-state index contributed by atoms with van der Waals surface area (Å²) >= 11 is 0. The second-order valence-electron chi connectivity index (χ2n) is 7.69. The number of benzene rings is 3. The fourth-order valence-corrected chi connectivity index (χ4v) is 4.08. The molecule has 4 rings (SSSR count). The molecule has 4 nitrogen and oxygen atoms in total. The summed E-state index contributed by atoms with van der Waals surface area (Å²) in [6.45, 7) is 4.03. The average molecular weight is 411 g/mol. The Morgan fingerprint density at radius 2 is 1.61 bits per heavy atom. The molecule has 0 saturated carbocycles. The second-order valence-corrected chi connectivity index (χ2v) is 7.69. The molecule has 0 N–H and O–H groups in total. The molecule has 31 heavy (non-hydrogen) atoms. The minimum Gasteiger partial charge on any atom is -0.469 e.